The fourth-order valence-corrected chi connectivity index (χ4v) is 9.96. The van der Waals surface area contributed by atoms with Crippen molar-refractivity contribution < 1.29 is 4.57 Å². The number of imidazole rings is 2. The van der Waals surface area contributed by atoms with Gasteiger partial charge in [0.15, 0.2) is 7.14 Å². The van der Waals surface area contributed by atoms with Crippen molar-refractivity contribution in [1.29, 1.82) is 0 Å². The molecule has 0 saturated carbocycles. The van der Waals surface area contributed by atoms with E-state index < -0.39 is 7.14 Å². The standard InChI is InChI=1S/C40H29N4OP/c1-2-38-41-33-17-11-19-37-39(33)44(38)35-26-29(24-25-36(35)46(37,45)31-14-7-4-8-15-31)27-20-22-28(23-21-27)40-42-32-16-9-10-18-34(32)43(40)30-12-5-3-6-13-30/h3-26H,2H2,1H3. The summed E-state index contributed by atoms with van der Waals surface area (Å²) in [6, 6.07) is 49.5. The van der Waals surface area contributed by atoms with Crippen LogP contribution in [0.2, 0.25) is 0 Å². The van der Waals surface area contributed by atoms with Crippen LogP contribution < -0.4 is 15.9 Å². The second-order valence-corrected chi connectivity index (χ2v) is 14.4. The molecule has 1 aliphatic rings. The summed E-state index contributed by atoms with van der Waals surface area (Å²) in [5.74, 6) is 1.87. The van der Waals surface area contributed by atoms with E-state index in [0.29, 0.717) is 0 Å². The highest BCUT2D eigenvalue weighted by Crippen LogP contribution is 2.49. The molecule has 0 aliphatic carbocycles. The van der Waals surface area contributed by atoms with E-state index in [9.17, 15) is 0 Å². The fraction of sp³-hybridized carbons (Fsp3) is 0.0500. The number of aryl methyl sites for hydroxylation is 1. The smallest absolute Gasteiger partial charge is 0.175 e. The Labute approximate surface area is 266 Å². The van der Waals surface area contributed by atoms with Gasteiger partial charge in [0.1, 0.15) is 11.6 Å². The maximum atomic E-state index is 15.4. The number of hydrogen-bond donors (Lipinski definition) is 0. The van der Waals surface area contributed by atoms with Crippen molar-refractivity contribution in [1.82, 2.24) is 19.1 Å². The normalized spacial score (nSPS) is 15.3. The van der Waals surface area contributed by atoms with Crippen LogP contribution in [0.1, 0.15) is 12.7 Å². The molecule has 2 aromatic heterocycles. The number of aromatic nitrogens is 4. The predicted octanol–water partition coefficient (Wildman–Crippen LogP) is 8.21. The Bertz CT molecular complexity index is 2480. The monoisotopic (exact) mass is 612 g/mol. The first-order valence-electron chi connectivity index (χ1n) is 15.6. The summed E-state index contributed by atoms with van der Waals surface area (Å²) in [5.41, 5.74) is 9.06. The molecule has 8 aromatic rings. The Kier molecular flexibility index (Phi) is 5.99. The van der Waals surface area contributed by atoms with Gasteiger partial charge in [-0.15, -0.1) is 0 Å². The van der Waals surface area contributed by atoms with Gasteiger partial charge in [0.05, 0.1) is 27.8 Å². The van der Waals surface area contributed by atoms with Gasteiger partial charge in [-0.25, -0.2) is 9.97 Å². The number of benzene rings is 6. The fourth-order valence-electron chi connectivity index (χ4n) is 6.97. The van der Waals surface area contributed by atoms with E-state index in [1.165, 1.54) is 0 Å². The Morgan fingerprint density at radius 3 is 2.04 bits per heavy atom. The van der Waals surface area contributed by atoms with Gasteiger partial charge in [0, 0.05) is 33.6 Å². The average Bonchev–Trinajstić information content (AvgIpc) is 3.71. The molecule has 0 fully saturated rings. The second-order valence-electron chi connectivity index (χ2n) is 11.7. The van der Waals surface area contributed by atoms with Gasteiger partial charge in [-0.1, -0.05) is 104 Å². The van der Waals surface area contributed by atoms with E-state index in [0.717, 1.165) is 84.1 Å². The van der Waals surface area contributed by atoms with Crippen molar-refractivity contribution in [2.75, 3.05) is 0 Å². The molecule has 6 aromatic carbocycles. The lowest BCUT2D eigenvalue weighted by Gasteiger charge is -2.29. The summed E-state index contributed by atoms with van der Waals surface area (Å²) in [6.45, 7) is 2.13. The second kappa shape index (κ2) is 10.3. The minimum Gasteiger partial charge on any atom is -0.308 e. The molecular weight excluding hydrogens is 583 g/mol. The summed E-state index contributed by atoms with van der Waals surface area (Å²) >= 11 is 0. The van der Waals surface area contributed by atoms with E-state index in [1.807, 2.05) is 60.7 Å². The predicted molar refractivity (Wildman–Crippen MR) is 189 cm³/mol. The molecule has 3 heterocycles. The van der Waals surface area contributed by atoms with Crippen LogP contribution in [0.4, 0.5) is 0 Å². The Morgan fingerprint density at radius 1 is 0.587 bits per heavy atom. The Balaban J connectivity index is 1.20. The molecule has 220 valence electrons. The molecule has 0 amide bonds. The zero-order valence-corrected chi connectivity index (χ0v) is 26.1. The first-order valence-corrected chi connectivity index (χ1v) is 17.3. The minimum absolute atomic E-state index is 0.768. The average molecular weight is 613 g/mol. The molecule has 6 heteroatoms. The van der Waals surface area contributed by atoms with Gasteiger partial charge in [0.2, 0.25) is 0 Å². The van der Waals surface area contributed by atoms with Crippen molar-refractivity contribution in [3.63, 3.8) is 0 Å². The van der Waals surface area contributed by atoms with Crippen LogP contribution in [0, 0.1) is 0 Å². The van der Waals surface area contributed by atoms with Crippen LogP contribution in [0.15, 0.2) is 146 Å². The zero-order valence-electron chi connectivity index (χ0n) is 25.2. The molecule has 9 rings (SSSR count). The van der Waals surface area contributed by atoms with E-state index in [-0.39, 0.29) is 0 Å². The van der Waals surface area contributed by atoms with Gasteiger partial charge < -0.3 is 4.57 Å². The SMILES string of the molecule is CCc1nc2cccc3c2n1-c1cc(-c2ccc(-c4nc5ccccc5n4-c4ccccc4)cc2)ccc1P3(=O)c1ccccc1. The van der Waals surface area contributed by atoms with E-state index in [4.69, 9.17) is 9.97 Å². The van der Waals surface area contributed by atoms with E-state index in [2.05, 4.69) is 101 Å². The lowest BCUT2D eigenvalue weighted by atomic mass is 10.0. The zero-order chi connectivity index (χ0) is 30.8. The Hall–Kier alpha value is -5.51. The summed E-state index contributed by atoms with van der Waals surface area (Å²) in [4.78, 5) is 10.0. The Morgan fingerprint density at radius 2 is 1.26 bits per heavy atom. The number of fused-ring (bicyclic) bond motifs is 3. The molecule has 1 atom stereocenters. The molecule has 5 nitrogen and oxygen atoms in total. The lowest BCUT2D eigenvalue weighted by Crippen LogP contribution is -2.33. The summed E-state index contributed by atoms with van der Waals surface area (Å²) in [7, 11) is -3.14. The van der Waals surface area contributed by atoms with Crippen LogP contribution in [0.25, 0.3) is 56.0 Å². The van der Waals surface area contributed by atoms with E-state index >= 15 is 4.57 Å². The molecule has 1 unspecified atom stereocenters. The maximum Gasteiger partial charge on any atom is 0.175 e. The summed E-state index contributed by atoms with van der Waals surface area (Å²) in [6.07, 6.45) is 0.768. The van der Waals surface area contributed by atoms with Crippen LogP contribution >= 0.6 is 7.14 Å². The van der Waals surface area contributed by atoms with Crippen molar-refractivity contribution in [3.8, 4) is 33.9 Å². The van der Waals surface area contributed by atoms with Crippen molar-refractivity contribution >= 4 is 45.1 Å². The molecule has 46 heavy (non-hydrogen) atoms. The van der Waals surface area contributed by atoms with Crippen LogP contribution in [-0.2, 0) is 11.0 Å². The quantitative estimate of drug-likeness (QED) is 0.184. The third kappa shape index (κ3) is 3.85. The van der Waals surface area contributed by atoms with Crippen LogP contribution in [-0.4, -0.2) is 19.1 Å². The maximum absolute atomic E-state index is 15.4. The topological polar surface area (TPSA) is 52.7 Å². The molecule has 0 bridgehead atoms. The molecular formula is C40H29N4OP. The highest BCUT2D eigenvalue weighted by molar-refractivity contribution is 7.86. The first-order chi connectivity index (χ1) is 22.6. The van der Waals surface area contributed by atoms with Crippen LogP contribution in [0.5, 0.6) is 0 Å². The number of nitrogens with zero attached hydrogens (tertiary/aromatic N) is 4. The number of hydrogen-bond acceptors (Lipinski definition) is 3. The van der Waals surface area contributed by atoms with Gasteiger partial charge in [-0.05, 0) is 59.7 Å². The third-order valence-electron chi connectivity index (χ3n) is 9.11. The lowest BCUT2D eigenvalue weighted by molar-refractivity contribution is 0.592. The molecule has 1 aliphatic heterocycles. The third-order valence-corrected chi connectivity index (χ3v) is 12.2. The van der Waals surface area contributed by atoms with Crippen molar-refractivity contribution in [2.45, 2.75) is 13.3 Å². The highest BCUT2D eigenvalue weighted by Gasteiger charge is 2.39. The molecule has 0 spiro atoms. The van der Waals surface area contributed by atoms with Gasteiger partial charge in [0.25, 0.3) is 0 Å². The number of para-hydroxylation sites is 4. The van der Waals surface area contributed by atoms with Crippen molar-refractivity contribution in [2.24, 2.45) is 0 Å². The first kappa shape index (κ1) is 26.9. The molecule has 0 saturated heterocycles. The largest absolute Gasteiger partial charge is 0.308 e. The van der Waals surface area contributed by atoms with Crippen molar-refractivity contribution in [3.05, 3.63) is 151 Å². The summed E-state index contributed by atoms with van der Waals surface area (Å²) < 4.78 is 19.8. The number of rotatable bonds is 5. The molecule has 0 N–H and O–H groups in total. The van der Waals surface area contributed by atoms with Gasteiger partial charge >= 0.3 is 0 Å². The van der Waals surface area contributed by atoms with Crippen LogP contribution in [0.3, 0.4) is 0 Å². The minimum atomic E-state index is -3.14. The van der Waals surface area contributed by atoms with Gasteiger partial charge in [-0.2, -0.15) is 0 Å². The highest BCUT2D eigenvalue weighted by atomic mass is 31.2. The summed E-state index contributed by atoms with van der Waals surface area (Å²) in [5, 5.41) is 2.55. The van der Waals surface area contributed by atoms with Gasteiger partial charge in [-0.3, -0.25) is 9.13 Å². The molecule has 0 radical (unpaired) electrons. The van der Waals surface area contributed by atoms with E-state index in [1.54, 1.807) is 0 Å².